The molecule has 2 aliphatic rings. The van der Waals surface area contributed by atoms with Crippen molar-refractivity contribution in [2.75, 3.05) is 11.5 Å². The van der Waals surface area contributed by atoms with Crippen LogP contribution in [0.15, 0.2) is 79.2 Å². The number of alkyl halides is 4. The van der Waals surface area contributed by atoms with E-state index in [-0.39, 0.29) is 32.4 Å². The van der Waals surface area contributed by atoms with Crippen molar-refractivity contribution in [3.8, 4) is 35.4 Å². The third-order valence-corrected chi connectivity index (χ3v) is 11.9. The molecule has 0 radical (unpaired) electrons. The Bertz CT molecular complexity index is 2210. The minimum atomic E-state index is -3.37. The SMILES string of the molecule is N#CN=S1(=O)CC(O)c2c1ccc(Oc1cc(F)cc(F)c1)c2C(F)F.N#CN=S1(=O)CC(O)c2c1ccc(Oc1cc(F)cc(F)c1)c2C(F)F. The molecule has 0 saturated carbocycles. The first-order chi connectivity index (χ1) is 24.5. The van der Waals surface area contributed by atoms with Crippen LogP contribution in [0.25, 0.3) is 0 Å². The summed E-state index contributed by atoms with van der Waals surface area (Å²) in [6.07, 6.45) is -6.66. The molecule has 272 valence electrons. The van der Waals surface area contributed by atoms with Gasteiger partial charge in [-0.25, -0.2) is 43.5 Å². The lowest BCUT2D eigenvalue weighted by molar-refractivity contribution is 0.137. The highest BCUT2D eigenvalue weighted by Crippen LogP contribution is 2.47. The van der Waals surface area contributed by atoms with Gasteiger partial charge >= 0.3 is 0 Å². The third kappa shape index (κ3) is 7.51. The van der Waals surface area contributed by atoms with E-state index in [0.29, 0.717) is 12.1 Å². The van der Waals surface area contributed by atoms with E-state index < -0.39 is 102 Å². The topological polar surface area (TPSA) is 165 Å². The van der Waals surface area contributed by atoms with Crippen LogP contribution >= 0.6 is 0 Å². The fourth-order valence-corrected chi connectivity index (χ4v) is 9.47. The van der Waals surface area contributed by atoms with Gasteiger partial charge in [0.15, 0.2) is 0 Å². The van der Waals surface area contributed by atoms with Crippen LogP contribution in [-0.4, -0.2) is 30.1 Å². The summed E-state index contributed by atoms with van der Waals surface area (Å²) in [5.74, 6) is -6.50. The summed E-state index contributed by atoms with van der Waals surface area (Å²) in [6.45, 7) is 0. The highest BCUT2D eigenvalue weighted by atomic mass is 32.2. The summed E-state index contributed by atoms with van der Waals surface area (Å²) in [4.78, 5) is -0.362. The average Bonchev–Trinajstić information content (AvgIpc) is 3.43. The number of aliphatic hydroxyl groups is 2. The Labute approximate surface area is 289 Å². The van der Waals surface area contributed by atoms with Gasteiger partial charge in [-0.15, -0.1) is 8.73 Å². The summed E-state index contributed by atoms with van der Waals surface area (Å²) in [5.41, 5.74) is -2.23. The smallest absolute Gasteiger partial charge is 0.267 e. The molecule has 2 heterocycles. The van der Waals surface area contributed by atoms with Crippen LogP contribution in [-0.2, 0) is 19.5 Å². The highest BCUT2D eigenvalue weighted by Gasteiger charge is 2.39. The zero-order valence-electron chi connectivity index (χ0n) is 25.7. The molecule has 2 aliphatic heterocycles. The van der Waals surface area contributed by atoms with Gasteiger partial charge in [-0.05, 0) is 24.3 Å². The molecule has 4 unspecified atom stereocenters. The number of nitrogens with zero attached hydrogens (tertiary/aromatic N) is 4. The van der Waals surface area contributed by atoms with E-state index in [1.807, 2.05) is 0 Å². The molecule has 0 amide bonds. The summed E-state index contributed by atoms with van der Waals surface area (Å²) in [5, 5.41) is 37.5. The Morgan fingerprint density at radius 3 is 1.25 bits per heavy atom. The molecule has 4 atom stereocenters. The molecule has 4 aromatic rings. The minimum Gasteiger partial charge on any atom is -0.457 e. The average molecular weight is 773 g/mol. The van der Waals surface area contributed by atoms with Crippen LogP contribution in [0.2, 0.25) is 0 Å². The van der Waals surface area contributed by atoms with E-state index in [1.165, 1.54) is 12.4 Å². The van der Waals surface area contributed by atoms with Gasteiger partial charge in [0.05, 0.1) is 64.1 Å². The van der Waals surface area contributed by atoms with Crippen LogP contribution in [0.1, 0.15) is 47.3 Å². The Kier molecular flexibility index (Phi) is 10.8. The first-order valence-corrected chi connectivity index (χ1v) is 17.7. The van der Waals surface area contributed by atoms with Gasteiger partial charge in [-0.3, -0.25) is 0 Å². The van der Waals surface area contributed by atoms with Crippen molar-refractivity contribution in [1.82, 2.24) is 0 Å². The first kappa shape index (κ1) is 38.0. The van der Waals surface area contributed by atoms with E-state index in [0.717, 1.165) is 48.5 Å². The molecular weight excluding hydrogens is 752 g/mol. The second-order valence-corrected chi connectivity index (χ2v) is 15.3. The lowest BCUT2D eigenvalue weighted by atomic mass is 10.0. The van der Waals surface area contributed by atoms with Crippen LogP contribution in [0.3, 0.4) is 0 Å². The largest absolute Gasteiger partial charge is 0.457 e. The monoisotopic (exact) mass is 772 g/mol. The van der Waals surface area contributed by atoms with Crippen molar-refractivity contribution in [1.29, 1.82) is 10.5 Å². The predicted molar refractivity (Wildman–Crippen MR) is 164 cm³/mol. The van der Waals surface area contributed by atoms with Crippen molar-refractivity contribution in [3.05, 3.63) is 106 Å². The number of aliphatic hydroxyl groups excluding tert-OH is 2. The number of benzene rings is 4. The van der Waals surface area contributed by atoms with Crippen molar-refractivity contribution < 1.29 is 63.2 Å². The molecular formula is C32H20F8N4O6S2. The molecule has 0 aliphatic carbocycles. The summed E-state index contributed by atoms with van der Waals surface area (Å²) in [7, 11) is -6.73. The second-order valence-electron chi connectivity index (χ2n) is 10.8. The van der Waals surface area contributed by atoms with Crippen LogP contribution < -0.4 is 9.47 Å². The van der Waals surface area contributed by atoms with E-state index in [9.17, 15) is 53.8 Å². The maximum Gasteiger partial charge on any atom is 0.267 e. The minimum absolute atomic E-state index is 0.181. The summed E-state index contributed by atoms with van der Waals surface area (Å²) < 4.78 is 150. The van der Waals surface area contributed by atoms with Crippen molar-refractivity contribution >= 4 is 19.5 Å². The van der Waals surface area contributed by atoms with Crippen molar-refractivity contribution in [2.45, 2.75) is 34.8 Å². The normalized spacial score (nSPS) is 21.3. The Morgan fingerprint density at radius 2 is 0.962 bits per heavy atom. The van der Waals surface area contributed by atoms with Crippen molar-refractivity contribution in [2.24, 2.45) is 8.73 Å². The van der Waals surface area contributed by atoms with Gasteiger partial charge in [0.2, 0.25) is 12.4 Å². The fraction of sp³-hybridized carbons (Fsp3) is 0.188. The quantitative estimate of drug-likeness (QED) is 0.147. The molecule has 4 aromatic carbocycles. The Balaban J connectivity index is 0.000000201. The summed E-state index contributed by atoms with van der Waals surface area (Å²) in [6, 6.07) is 8.74. The zero-order chi connectivity index (χ0) is 38.1. The zero-order valence-corrected chi connectivity index (χ0v) is 27.3. The van der Waals surface area contributed by atoms with Gasteiger partial charge in [0.1, 0.15) is 46.3 Å². The number of halogens is 8. The van der Waals surface area contributed by atoms with Gasteiger partial charge in [0, 0.05) is 47.5 Å². The van der Waals surface area contributed by atoms with Crippen molar-refractivity contribution in [3.63, 3.8) is 0 Å². The molecule has 0 saturated heterocycles. The number of hydrogen-bond acceptors (Lipinski definition) is 10. The molecule has 10 nitrogen and oxygen atoms in total. The molecule has 0 fully saturated rings. The Morgan fingerprint density at radius 1 is 0.635 bits per heavy atom. The molecule has 20 heteroatoms. The van der Waals surface area contributed by atoms with E-state index in [4.69, 9.17) is 20.0 Å². The molecule has 2 N–H and O–H groups in total. The lowest BCUT2D eigenvalue weighted by Gasteiger charge is -2.16. The molecule has 6 rings (SSSR count). The molecule has 0 spiro atoms. The van der Waals surface area contributed by atoms with E-state index in [1.54, 1.807) is 0 Å². The number of fused-ring (bicyclic) bond motifs is 2. The maximum absolute atomic E-state index is 13.6. The van der Waals surface area contributed by atoms with Crippen LogP contribution in [0.4, 0.5) is 35.1 Å². The third-order valence-electron chi connectivity index (χ3n) is 7.48. The standard InChI is InChI=1S/2C16H10F4N2O3S/c2*17-8-3-9(18)5-10(4-8)25-12-1-2-13-14(15(12)16(19)20)11(23)6-26(13,24)22-7-21/h2*1-5,11,16,23H,6H2. The van der Waals surface area contributed by atoms with Crippen LogP contribution in [0.5, 0.6) is 23.0 Å². The predicted octanol–water partition coefficient (Wildman–Crippen LogP) is 8.10. The van der Waals surface area contributed by atoms with E-state index >= 15 is 0 Å². The van der Waals surface area contributed by atoms with Gasteiger partial charge in [0.25, 0.3) is 12.9 Å². The Hall–Kier alpha value is -5.28. The fourth-order valence-electron chi connectivity index (χ4n) is 5.57. The lowest BCUT2D eigenvalue weighted by Crippen LogP contribution is -2.03. The van der Waals surface area contributed by atoms with E-state index in [2.05, 4.69) is 8.73 Å². The number of rotatable bonds is 6. The molecule has 0 bridgehead atoms. The van der Waals surface area contributed by atoms with Gasteiger partial charge in [-0.2, -0.15) is 10.5 Å². The molecule has 52 heavy (non-hydrogen) atoms. The maximum atomic E-state index is 13.6. The first-order valence-electron chi connectivity index (χ1n) is 14.3. The summed E-state index contributed by atoms with van der Waals surface area (Å²) >= 11 is 0. The van der Waals surface area contributed by atoms with Crippen LogP contribution in [0, 0.1) is 46.2 Å². The van der Waals surface area contributed by atoms with Gasteiger partial charge in [-0.1, -0.05) is 0 Å². The second kappa shape index (κ2) is 14.8. The number of nitriles is 2. The molecule has 0 aromatic heterocycles. The highest BCUT2D eigenvalue weighted by molar-refractivity contribution is 7.94. The van der Waals surface area contributed by atoms with Gasteiger partial charge < -0.3 is 19.7 Å². The number of hydrogen-bond donors (Lipinski definition) is 2. The number of ether oxygens (including phenoxy) is 2.